The molecule has 0 spiro atoms. The second-order valence-electron chi connectivity index (χ2n) is 5.58. The van der Waals surface area contributed by atoms with Gasteiger partial charge in [-0.25, -0.2) is 0 Å². The highest BCUT2D eigenvalue weighted by molar-refractivity contribution is 5.93. The number of anilines is 1. The summed E-state index contributed by atoms with van der Waals surface area (Å²) in [6.07, 6.45) is 3.51. The van der Waals surface area contributed by atoms with Crippen molar-refractivity contribution in [2.45, 2.75) is 32.6 Å². The molecule has 1 amide bonds. The lowest BCUT2D eigenvalue weighted by molar-refractivity contribution is -0.383. The fourth-order valence-electron chi connectivity index (χ4n) is 2.63. The van der Waals surface area contributed by atoms with E-state index >= 15 is 0 Å². The number of benzene rings is 1. The number of piperidine rings is 1. The molecule has 1 saturated heterocycles. The molecule has 0 saturated carbocycles. The van der Waals surface area contributed by atoms with Crippen LogP contribution in [0.1, 0.15) is 31.2 Å². The summed E-state index contributed by atoms with van der Waals surface area (Å²) in [5.41, 5.74) is 1.10. The molecular weight excluding hydrogens is 270 g/mol. The van der Waals surface area contributed by atoms with Crippen LogP contribution in [0.2, 0.25) is 0 Å². The van der Waals surface area contributed by atoms with Crippen LogP contribution in [0.5, 0.6) is 0 Å². The van der Waals surface area contributed by atoms with E-state index in [1.54, 1.807) is 12.1 Å². The Morgan fingerprint density at radius 2 is 2.33 bits per heavy atom. The van der Waals surface area contributed by atoms with Gasteiger partial charge < -0.3 is 10.6 Å². The Morgan fingerprint density at radius 3 is 3.00 bits per heavy atom. The second kappa shape index (κ2) is 7.17. The highest BCUT2D eigenvalue weighted by Crippen LogP contribution is 2.25. The molecule has 0 radical (unpaired) electrons. The molecule has 1 aromatic carbocycles. The molecule has 2 N–H and O–H groups in total. The fourth-order valence-corrected chi connectivity index (χ4v) is 2.63. The second-order valence-corrected chi connectivity index (χ2v) is 5.58. The minimum atomic E-state index is -0.472. The Hall–Kier alpha value is -1.95. The molecule has 1 heterocycles. The van der Waals surface area contributed by atoms with E-state index in [9.17, 15) is 14.9 Å². The van der Waals surface area contributed by atoms with Crippen molar-refractivity contribution in [1.82, 2.24) is 5.32 Å². The third-order valence-corrected chi connectivity index (χ3v) is 3.80. The first-order valence-electron chi connectivity index (χ1n) is 7.32. The van der Waals surface area contributed by atoms with E-state index in [1.807, 2.05) is 6.92 Å². The number of nitro groups is 1. The third kappa shape index (κ3) is 4.53. The molecule has 6 heteroatoms. The van der Waals surface area contributed by atoms with Crippen LogP contribution in [0, 0.1) is 23.0 Å². The zero-order valence-electron chi connectivity index (χ0n) is 12.2. The zero-order chi connectivity index (χ0) is 15.2. The lowest BCUT2D eigenvalue weighted by Gasteiger charge is -2.22. The standard InChI is InChI=1S/C15H21N3O3/c1-11-4-6-14(18(20)21)13(9-11)17-15(19)7-5-12-3-2-8-16-10-12/h4,6,9,12,16H,2-3,5,7-8,10H2,1H3,(H,17,19). The molecule has 1 unspecified atom stereocenters. The quantitative estimate of drug-likeness (QED) is 0.645. The van der Waals surface area contributed by atoms with Gasteiger partial charge in [0.2, 0.25) is 5.91 Å². The van der Waals surface area contributed by atoms with Crippen molar-refractivity contribution >= 4 is 17.3 Å². The number of aryl methyl sites for hydroxylation is 1. The number of nitrogens with zero attached hydrogens (tertiary/aromatic N) is 1. The first-order chi connectivity index (χ1) is 10.1. The van der Waals surface area contributed by atoms with Crippen LogP contribution >= 0.6 is 0 Å². The van der Waals surface area contributed by atoms with E-state index in [1.165, 1.54) is 6.07 Å². The summed E-state index contributed by atoms with van der Waals surface area (Å²) in [5.74, 6) is 0.367. The predicted molar refractivity (Wildman–Crippen MR) is 81.3 cm³/mol. The number of nitrogens with one attached hydrogen (secondary N) is 2. The number of rotatable bonds is 5. The maximum Gasteiger partial charge on any atom is 0.292 e. The molecule has 2 rings (SSSR count). The zero-order valence-corrected chi connectivity index (χ0v) is 12.2. The topological polar surface area (TPSA) is 84.3 Å². The van der Waals surface area contributed by atoms with E-state index in [0.29, 0.717) is 12.3 Å². The van der Waals surface area contributed by atoms with Gasteiger partial charge in [0, 0.05) is 12.5 Å². The molecular formula is C15H21N3O3. The molecule has 0 bridgehead atoms. The van der Waals surface area contributed by atoms with Crippen LogP contribution in [-0.4, -0.2) is 23.9 Å². The number of carbonyl (C=O) groups excluding carboxylic acids is 1. The van der Waals surface area contributed by atoms with E-state index in [0.717, 1.165) is 37.9 Å². The lowest BCUT2D eigenvalue weighted by Crippen LogP contribution is -2.30. The monoisotopic (exact) mass is 291 g/mol. The maximum absolute atomic E-state index is 12.0. The summed E-state index contributed by atoms with van der Waals surface area (Å²) in [5, 5.41) is 17.0. The van der Waals surface area contributed by atoms with Gasteiger partial charge in [-0.15, -0.1) is 0 Å². The molecule has 114 valence electrons. The average molecular weight is 291 g/mol. The molecule has 0 aliphatic carbocycles. The summed E-state index contributed by atoms with van der Waals surface area (Å²) in [6, 6.07) is 4.73. The van der Waals surface area contributed by atoms with Crippen molar-refractivity contribution in [3.05, 3.63) is 33.9 Å². The summed E-state index contributed by atoms with van der Waals surface area (Å²) >= 11 is 0. The number of carbonyl (C=O) groups is 1. The summed E-state index contributed by atoms with van der Waals surface area (Å²) < 4.78 is 0. The average Bonchev–Trinajstić information content (AvgIpc) is 2.46. The normalized spacial score (nSPS) is 18.2. The summed E-state index contributed by atoms with van der Waals surface area (Å²) in [7, 11) is 0. The Kier molecular flexibility index (Phi) is 5.27. The molecule has 6 nitrogen and oxygen atoms in total. The van der Waals surface area contributed by atoms with E-state index in [2.05, 4.69) is 10.6 Å². The summed E-state index contributed by atoms with van der Waals surface area (Å²) in [4.78, 5) is 22.5. The van der Waals surface area contributed by atoms with E-state index in [4.69, 9.17) is 0 Å². The lowest BCUT2D eigenvalue weighted by atomic mass is 9.94. The minimum absolute atomic E-state index is 0.0618. The minimum Gasteiger partial charge on any atom is -0.320 e. The van der Waals surface area contributed by atoms with Crippen molar-refractivity contribution in [1.29, 1.82) is 0 Å². The number of nitro benzene ring substituents is 1. The van der Waals surface area contributed by atoms with Gasteiger partial charge in [-0.2, -0.15) is 0 Å². The SMILES string of the molecule is Cc1ccc([N+](=O)[O-])c(NC(=O)CCC2CCCNC2)c1. The molecule has 1 aliphatic heterocycles. The van der Waals surface area contributed by atoms with Crippen molar-refractivity contribution < 1.29 is 9.72 Å². The molecule has 1 atom stereocenters. The molecule has 1 aliphatic rings. The fraction of sp³-hybridized carbons (Fsp3) is 0.533. The van der Waals surface area contributed by atoms with Crippen molar-refractivity contribution in [3.8, 4) is 0 Å². The highest BCUT2D eigenvalue weighted by atomic mass is 16.6. The molecule has 1 fully saturated rings. The van der Waals surface area contributed by atoms with Crippen LogP contribution < -0.4 is 10.6 Å². The Bertz CT molecular complexity index is 525. The number of amides is 1. The predicted octanol–water partition coefficient (Wildman–Crippen LogP) is 2.62. The first-order valence-corrected chi connectivity index (χ1v) is 7.32. The molecule has 21 heavy (non-hydrogen) atoms. The molecule has 0 aromatic heterocycles. The van der Waals surface area contributed by atoms with Crippen molar-refractivity contribution in [2.24, 2.45) is 5.92 Å². The summed E-state index contributed by atoms with van der Waals surface area (Å²) in [6.45, 7) is 3.85. The van der Waals surface area contributed by atoms with Gasteiger partial charge in [0.25, 0.3) is 5.69 Å². The van der Waals surface area contributed by atoms with Gasteiger partial charge in [-0.05, 0) is 56.8 Å². The maximum atomic E-state index is 12.0. The number of hydrogen-bond acceptors (Lipinski definition) is 4. The van der Waals surface area contributed by atoms with Crippen LogP contribution in [0.4, 0.5) is 11.4 Å². The van der Waals surface area contributed by atoms with Gasteiger partial charge in [0.1, 0.15) is 5.69 Å². The van der Waals surface area contributed by atoms with Crippen LogP contribution in [0.3, 0.4) is 0 Å². The largest absolute Gasteiger partial charge is 0.320 e. The van der Waals surface area contributed by atoms with Crippen LogP contribution in [0.25, 0.3) is 0 Å². The van der Waals surface area contributed by atoms with Crippen molar-refractivity contribution in [2.75, 3.05) is 18.4 Å². The van der Waals surface area contributed by atoms with E-state index in [-0.39, 0.29) is 17.3 Å². The Balaban J connectivity index is 1.92. The smallest absolute Gasteiger partial charge is 0.292 e. The van der Waals surface area contributed by atoms with Crippen LogP contribution in [0.15, 0.2) is 18.2 Å². The Morgan fingerprint density at radius 1 is 1.52 bits per heavy atom. The Labute approximate surface area is 124 Å². The van der Waals surface area contributed by atoms with Gasteiger partial charge >= 0.3 is 0 Å². The molecule has 1 aromatic rings. The first kappa shape index (κ1) is 15.4. The highest BCUT2D eigenvalue weighted by Gasteiger charge is 2.18. The van der Waals surface area contributed by atoms with Crippen molar-refractivity contribution in [3.63, 3.8) is 0 Å². The van der Waals surface area contributed by atoms with Gasteiger partial charge in [0.05, 0.1) is 4.92 Å². The van der Waals surface area contributed by atoms with Crippen LogP contribution in [-0.2, 0) is 4.79 Å². The number of hydrogen-bond donors (Lipinski definition) is 2. The van der Waals surface area contributed by atoms with Gasteiger partial charge in [0.15, 0.2) is 0 Å². The van der Waals surface area contributed by atoms with E-state index < -0.39 is 4.92 Å². The van der Waals surface area contributed by atoms with Gasteiger partial charge in [-0.1, -0.05) is 6.07 Å². The van der Waals surface area contributed by atoms with Gasteiger partial charge in [-0.3, -0.25) is 14.9 Å². The third-order valence-electron chi connectivity index (χ3n) is 3.80.